The lowest BCUT2D eigenvalue weighted by Crippen LogP contribution is -2.16. The van der Waals surface area contributed by atoms with Gasteiger partial charge in [0, 0.05) is 25.0 Å². The molecular weight excluding hydrogens is 273 g/mol. The van der Waals surface area contributed by atoms with E-state index in [1.807, 2.05) is 0 Å². The molecule has 1 heterocycles. The lowest BCUT2D eigenvalue weighted by molar-refractivity contribution is 0.0694. The van der Waals surface area contributed by atoms with Crippen molar-refractivity contribution in [3.63, 3.8) is 0 Å². The number of halogens is 2. The van der Waals surface area contributed by atoms with Gasteiger partial charge in [-0.3, -0.25) is 4.79 Å². The van der Waals surface area contributed by atoms with E-state index in [0.717, 1.165) is 6.07 Å². The maximum absolute atomic E-state index is 13.3. The molecule has 0 radical (unpaired) electrons. The SMILES string of the molecule is O=C(O)c1cn(Cc2ccc(Cl)c(F)c2)ccc1=O. The largest absolute Gasteiger partial charge is 0.477 e. The number of hydrogen-bond donors (Lipinski definition) is 1. The van der Waals surface area contributed by atoms with Crippen LogP contribution in [0.3, 0.4) is 0 Å². The van der Waals surface area contributed by atoms with E-state index in [0.29, 0.717) is 5.56 Å². The molecule has 1 aromatic carbocycles. The van der Waals surface area contributed by atoms with Gasteiger partial charge in [0.05, 0.1) is 5.02 Å². The fraction of sp³-hybridized carbons (Fsp3) is 0.0769. The number of rotatable bonds is 3. The molecule has 0 aliphatic carbocycles. The van der Waals surface area contributed by atoms with Gasteiger partial charge < -0.3 is 9.67 Å². The second-order valence-corrected chi connectivity index (χ2v) is 4.36. The molecule has 0 atom stereocenters. The molecule has 2 rings (SSSR count). The Hall–Kier alpha value is -2.14. The molecule has 4 nitrogen and oxygen atoms in total. The maximum atomic E-state index is 13.3. The summed E-state index contributed by atoms with van der Waals surface area (Å²) in [6.07, 6.45) is 2.67. The van der Waals surface area contributed by atoms with Crippen molar-refractivity contribution in [1.29, 1.82) is 0 Å². The molecule has 0 aliphatic rings. The minimum atomic E-state index is -1.29. The van der Waals surface area contributed by atoms with Crippen LogP contribution in [0.25, 0.3) is 0 Å². The van der Waals surface area contributed by atoms with Gasteiger partial charge >= 0.3 is 5.97 Å². The summed E-state index contributed by atoms with van der Waals surface area (Å²) in [6, 6.07) is 5.48. The summed E-state index contributed by atoms with van der Waals surface area (Å²) < 4.78 is 14.8. The number of aromatic carboxylic acids is 1. The summed E-state index contributed by atoms with van der Waals surface area (Å²) in [5, 5.41) is 8.87. The summed E-state index contributed by atoms with van der Waals surface area (Å²) >= 11 is 5.57. The van der Waals surface area contributed by atoms with Crippen LogP contribution in [0.5, 0.6) is 0 Å². The highest BCUT2D eigenvalue weighted by molar-refractivity contribution is 6.30. The zero-order chi connectivity index (χ0) is 14.0. The number of hydrogen-bond acceptors (Lipinski definition) is 2. The van der Waals surface area contributed by atoms with E-state index in [-0.39, 0.29) is 17.1 Å². The molecule has 0 unspecified atom stereocenters. The van der Waals surface area contributed by atoms with Gasteiger partial charge in [-0.2, -0.15) is 0 Å². The highest BCUT2D eigenvalue weighted by Crippen LogP contribution is 2.16. The Labute approximate surface area is 112 Å². The standard InChI is InChI=1S/C13H9ClFNO3/c14-10-2-1-8(5-11(10)15)6-16-4-3-12(17)9(7-16)13(18)19/h1-5,7H,6H2,(H,18,19). The third-order valence-corrected chi connectivity index (χ3v) is 2.86. The van der Waals surface area contributed by atoms with Crippen LogP contribution in [0.1, 0.15) is 15.9 Å². The van der Waals surface area contributed by atoms with Crippen LogP contribution in [-0.2, 0) is 6.54 Å². The fourth-order valence-corrected chi connectivity index (χ4v) is 1.75. The van der Waals surface area contributed by atoms with Gasteiger partial charge in [-0.25, -0.2) is 9.18 Å². The predicted octanol–water partition coefficient (Wildman–Crippen LogP) is 2.39. The Bertz CT molecular complexity index is 697. The van der Waals surface area contributed by atoms with Gasteiger partial charge in [0.1, 0.15) is 11.4 Å². The lowest BCUT2D eigenvalue weighted by Gasteiger charge is -2.07. The zero-order valence-electron chi connectivity index (χ0n) is 9.64. The molecule has 19 heavy (non-hydrogen) atoms. The van der Waals surface area contributed by atoms with Gasteiger partial charge in [-0.05, 0) is 17.7 Å². The number of aromatic nitrogens is 1. The quantitative estimate of drug-likeness (QED) is 0.940. The van der Waals surface area contributed by atoms with Gasteiger partial charge in [-0.15, -0.1) is 0 Å². The summed E-state index contributed by atoms with van der Waals surface area (Å²) in [5.74, 6) is -1.83. The Balaban J connectivity index is 2.33. The maximum Gasteiger partial charge on any atom is 0.341 e. The normalized spacial score (nSPS) is 10.4. The number of benzene rings is 1. The first-order valence-electron chi connectivity index (χ1n) is 5.34. The van der Waals surface area contributed by atoms with Gasteiger partial charge in [0.15, 0.2) is 5.43 Å². The first-order chi connectivity index (χ1) is 8.97. The molecule has 0 bridgehead atoms. The smallest absolute Gasteiger partial charge is 0.341 e. The first kappa shape index (κ1) is 13.3. The lowest BCUT2D eigenvalue weighted by atomic mass is 10.2. The molecule has 1 aromatic heterocycles. The molecule has 1 N–H and O–H groups in total. The van der Waals surface area contributed by atoms with E-state index >= 15 is 0 Å². The van der Waals surface area contributed by atoms with Crippen molar-refractivity contribution in [2.24, 2.45) is 0 Å². The van der Waals surface area contributed by atoms with Crippen molar-refractivity contribution in [2.75, 3.05) is 0 Å². The molecular formula is C13H9ClFNO3. The van der Waals surface area contributed by atoms with Crippen LogP contribution >= 0.6 is 11.6 Å². The molecule has 0 spiro atoms. The van der Waals surface area contributed by atoms with Crippen molar-refractivity contribution in [3.8, 4) is 0 Å². The minimum absolute atomic E-state index is 0.0230. The van der Waals surface area contributed by atoms with E-state index in [9.17, 15) is 14.0 Å². The van der Waals surface area contributed by atoms with Crippen LogP contribution in [0.4, 0.5) is 4.39 Å². The van der Waals surface area contributed by atoms with Crippen LogP contribution < -0.4 is 5.43 Å². The molecule has 0 fully saturated rings. The predicted molar refractivity (Wildman–Crippen MR) is 68.2 cm³/mol. The van der Waals surface area contributed by atoms with Crippen molar-refractivity contribution in [3.05, 3.63) is 68.8 Å². The average Bonchev–Trinajstić information content (AvgIpc) is 2.36. The summed E-state index contributed by atoms with van der Waals surface area (Å²) in [7, 11) is 0. The number of carboxylic acids is 1. The number of carboxylic acid groups (broad SMARTS) is 1. The number of pyridine rings is 1. The summed E-state index contributed by atoms with van der Waals surface area (Å²) in [6.45, 7) is 0.245. The van der Waals surface area contributed by atoms with Crippen molar-refractivity contribution >= 4 is 17.6 Å². The molecule has 0 saturated heterocycles. The monoisotopic (exact) mass is 281 g/mol. The topological polar surface area (TPSA) is 59.3 Å². The first-order valence-corrected chi connectivity index (χ1v) is 5.72. The molecule has 98 valence electrons. The van der Waals surface area contributed by atoms with E-state index in [4.69, 9.17) is 16.7 Å². The van der Waals surface area contributed by atoms with E-state index in [1.54, 1.807) is 6.07 Å². The molecule has 6 heteroatoms. The zero-order valence-corrected chi connectivity index (χ0v) is 10.4. The Morgan fingerprint density at radius 3 is 2.74 bits per heavy atom. The average molecular weight is 282 g/mol. The second-order valence-electron chi connectivity index (χ2n) is 3.95. The Morgan fingerprint density at radius 2 is 2.11 bits per heavy atom. The van der Waals surface area contributed by atoms with Crippen molar-refractivity contribution in [2.45, 2.75) is 6.54 Å². The van der Waals surface area contributed by atoms with Crippen molar-refractivity contribution < 1.29 is 14.3 Å². The number of nitrogens with zero attached hydrogens (tertiary/aromatic N) is 1. The van der Waals surface area contributed by atoms with Gasteiger partial charge in [-0.1, -0.05) is 17.7 Å². The third kappa shape index (κ3) is 3.00. The molecule has 2 aromatic rings. The number of carbonyl (C=O) groups is 1. The van der Waals surface area contributed by atoms with Crippen LogP contribution in [0.2, 0.25) is 5.02 Å². The fourth-order valence-electron chi connectivity index (χ4n) is 1.63. The molecule has 0 aliphatic heterocycles. The van der Waals surface area contributed by atoms with Crippen LogP contribution in [0.15, 0.2) is 41.5 Å². The summed E-state index contributed by atoms with van der Waals surface area (Å²) in [4.78, 5) is 22.1. The van der Waals surface area contributed by atoms with E-state index in [1.165, 1.54) is 29.1 Å². The van der Waals surface area contributed by atoms with Gasteiger partial charge in [0.25, 0.3) is 0 Å². The molecule has 0 saturated carbocycles. The second kappa shape index (κ2) is 5.24. The third-order valence-electron chi connectivity index (χ3n) is 2.56. The van der Waals surface area contributed by atoms with Crippen LogP contribution in [-0.4, -0.2) is 15.6 Å². The van der Waals surface area contributed by atoms with E-state index < -0.39 is 17.2 Å². The Kier molecular flexibility index (Phi) is 3.66. The van der Waals surface area contributed by atoms with Crippen molar-refractivity contribution in [1.82, 2.24) is 4.57 Å². The van der Waals surface area contributed by atoms with E-state index in [2.05, 4.69) is 0 Å². The minimum Gasteiger partial charge on any atom is -0.477 e. The van der Waals surface area contributed by atoms with Crippen LogP contribution in [0, 0.1) is 5.82 Å². The highest BCUT2D eigenvalue weighted by atomic mass is 35.5. The highest BCUT2D eigenvalue weighted by Gasteiger charge is 2.09. The molecule has 0 amide bonds. The summed E-state index contributed by atoms with van der Waals surface area (Å²) in [5.41, 5.74) is -0.273. The Morgan fingerprint density at radius 1 is 1.37 bits per heavy atom. The van der Waals surface area contributed by atoms with Gasteiger partial charge in [0.2, 0.25) is 0 Å².